The first-order chi connectivity index (χ1) is 9.97. The fraction of sp³-hybridized carbons (Fsp3) is 0.368. The van der Waals surface area contributed by atoms with Gasteiger partial charge in [-0.05, 0) is 47.1 Å². The molecule has 21 heavy (non-hydrogen) atoms. The molecule has 0 fully saturated rings. The van der Waals surface area contributed by atoms with Crippen LogP contribution in [0, 0.1) is 5.82 Å². The van der Waals surface area contributed by atoms with Crippen molar-refractivity contribution in [2.45, 2.75) is 45.1 Å². The average Bonchev–Trinajstić information content (AvgIpc) is 2.83. The maximum absolute atomic E-state index is 13.8. The van der Waals surface area contributed by atoms with Gasteiger partial charge in [-0.3, -0.25) is 0 Å². The van der Waals surface area contributed by atoms with Crippen molar-refractivity contribution in [3.63, 3.8) is 0 Å². The molecule has 2 aromatic carbocycles. The van der Waals surface area contributed by atoms with E-state index in [-0.39, 0.29) is 17.3 Å². The smallest absolute Gasteiger partial charge is 0.126 e. The third-order valence-corrected chi connectivity index (χ3v) is 4.28. The van der Waals surface area contributed by atoms with Crippen molar-refractivity contribution >= 4 is 5.69 Å². The van der Waals surface area contributed by atoms with Crippen LogP contribution >= 0.6 is 0 Å². The van der Waals surface area contributed by atoms with Crippen LogP contribution in [0.15, 0.2) is 42.5 Å². The van der Waals surface area contributed by atoms with Crippen LogP contribution in [-0.2, 0) is 11.8 Å². The van der Waals surface area contributed by atoms with Gasteiger partial charge in [0.2, 0.25) is 0 Å². The molecule has 0 aliphatic heterocycles. The van der Waals surface area contributed by atoms with E-state index in [9.17, 15) is 4.39 Å². The summed E-state index contributed by atoms with van der Waals surface area (Å²) in [4.78, 5) is 0. The molecule has 1 aliphatic carbocycles. The number of hydrogen-bond acceptors (Lipinski definition) is 1. The first-order valence-corrected chi connectivity index (χ1v) is 7.60. The summed E-state index contributed by atoms with van der Waals surface area (Å²) in [6, 6.07) is 14.0. The zero-order chi connectivity index (χ0) is 15.0. The van der Waals surface area contributed by atoms with Crippen LogP contribution in [0.1, 0.15) is 49.9 Å². The van der Waals surface area contributed by atoms with E-state index in [0.717, 1.165) is 29.7 Å². The maximum atomic E-state index is 13.8. The third kappa shape index (κ3) is 2.67. The Morgan fingerprint density at radius 3 is 2.57 bits per heavy atom. The van der Waals surface area contributed by atoms with Gasteiger partial charge in [-0.1, -0.05) is 51.1 Å². The Morgan fingerprint density at radius 1 is 1.05 bits per heavy atom. The quantitative estimate of drug-likeness (QED) is 0.796. The Kier molecular flexibility index (Phi) is 3.48. The van der Waals surface area contributed by atoms with Crippen molar-refractivity contribution in [1.29, 1.82) is 0 Å². The van der Waals surface area contributed by atoms with E-state index in [1.54, 1.807) is 6.07 Å². The van der Waals surface area contributed by atoms with Gasteiger partial charge >= 0.3 is 0 Å². The van der Waals surface area contributed by atoms with Gasteiger partial charge in [0.15, 0.2) is 0 Å². The predicted molar refractivity (Wildman–Crippen MR) is 86.2 cm³/mol. The lowest BCUT2D eigenvalue weighted by molar-refractivity contribution is 0.590. The molecule has 0 spiro atoms. The number of halogens is 1. The molecule has 0 bridgehead atoms. The SMILES string of the molecule is CC(C)(C)c1ccccc1NC1CCc2c(F)cccc21. The highest BCUT2D eigenvalue weighted by Crippen LogP contribution is 2.37. The molecule has 1 nitrogen and oxygen atoms in total. The van der Waals surface area contributed by atoms with E-state index in [1.807, 2.05) is 12.1 Å². The normalized spacial score (nSPS) is 17.6. The summed E-state index contributed by atoms with van der Waals surface area (Å²) < 4.78 is 13.8. The summed E-state index contributed by atoms with van der Waals surface area (Å²) in [5.41, 5.74) is 4.54. The molecule has 0 radical (unpaired) electrons. The second kappa shape index (κ2) is 5.18. The second-order valence-corrected chi connectivity index (χ2v) is 6.84. The summed E-state index contributed by atoms with van der Waals surface area (Å²) >= 11 is 0. The van der Waals surface area contributed by atoms with Gasteiger partial charge in [0.1, 0.15) is 5.82 Å². The first-order valence-electron chi connectivity index (χ1n) is 7.60. The molecule has 1 unspecified atom stereocenters. The Balaban J connectivity index is 1.92. The predicted octanol–water partition coefficient (Wildman–Crippen LogP) is 5.22. The van der Waals surface area contributed by atoms with Gasteiger partial charge in [-0.2, -0.15) is 0 Å². The summed E-state index contributed by atoms with van der Waals surface area (Å²) in [5.74, 6) is -0.0686. The second-order valence-electron chi connectivity index (χ2n) is 6.84. The van der Waals surface area contributed by atoms with Gasteiger partial charge in [0.05, 0.1) is 6.04 Å². The molecule has 1 N–H and O–H groups in total. The molecule has 1 atom stereocenters. The van der Waals surface area contributed by atoms with Gasteiger partial charge in [-0.15, -0.1) is 0 Å². The van der Waals surface area contributed by atoms with Crippen molar-refractivity contribution in [3.05, 3.63) is 65.0 Å². The van der Waals surface area contributed by atoms with Crippen LogP contribution in [0.5, 0.6) is 0 Å². The minimum absolute atomic E-state index is 0.0686. The Labute approximate surface area is 126 Å². The van der Waals surface area contributed by atoms with Crippen molar-refractivity contribution in [2.75, 3.05) is 5.32 Å². The van der Waals surface area contributed by atoms with Gasteiger partial charge in [-0.25, -0.2) is 4.39 Å². The molecular weight excluding hydrogens is 261 g/mol. The lowest BCUT2D eigenvalue weighted by Gasteiger charge is -2.25. The number of para-hydroxylation sites is 1. The Hall–Kier alpha value is -1.83. The maximum Gasteiger partial charge on any atom is 0.126 e. The van der Waals surface area contributed by atoms with Crippen LogP contribution in [0.3, 0.4) is 0 Å². The fourth-order valence-electron chi connectivity index (χ4n) is 3.21. The number of fused-ring (bicyclic) bond motifs is 1. The third-order valence-electron chi connectivity index (χ3n) is 4.28. The lowest BCUT2D eigenvalue weighted by atomic mass is 9.85. The van der Waals surface area contributed by atoms with E-state index in [0.29, 0.717) is 0 Å². The van der Waals surface area contributed by atoms with Crippen LogP contribution < -0.4 is 5.32 Å². The topological polar surface area (TPSA) is 12.0 Å². The number of benzene rings is 2. The molecular formula is C19H22FN. The molecule has 0 amide bonds. The van der Waals surface area contributed by atoms with Crippen molar-refractivity contribution in [2.24, 2.45) is 0 Å². The molecule has 0 saturated carbocycles. The van der Waals surface area contributed by atoms with Crippen LogP contribution in [-0.4, -0.2) is 0 Å². The Morgan fingerprint density at radius 2 is 1.81 bits per heavy atom. The summed E-state index contributed by atoms with van der Waals surface area (Å²) in [5, 5.41) is 3.63. The minimum Gasteiger partial charge on any atom is -0.378 e. The van der Waals surface area contributed by atoms with E-state index >= 15 is 0 Å². The summed E-state index contributed by atoms with van der Waals surface area (Å²) in [6.07, 6.45) is 1.77. The van der Waals surface area contributed by atoms with E-state index < -0.39 is 0 Å². The number of rotatable bonds is 2. The minimum atomic E-state index is -0.0686. The van der Waals surface area contributed by atoms with Gasteiger partial charge < -0.3 is 5.32 Å². The van der Waals surface area contributed by atoms with Crippen molar-refractivity contribution < 1.29 is 4.39 Å². The number of nitrogens with one attached hydrogen (secondary N) is 1. The van der Waals surface area contributed by atoms with E-state index in [2.05, 4.69) is 50.4 Å². The standard InChI is InChI=1S/C19H22FN/c1-19(2,3)15-8-4-5-10-18(15)21-17-12-11-13-14(17)7-6-9-16(13)20/h4-10,17,21H,11-12H2,1-3H3. The molecule has 1 aliphatic rings. The van der Waals surface area contributed by atoms with Crippen molar-refractivity contribution in [3.8, 4) is 0 Å². The zero-order valence-corrected chi connectivity index (χ0v) is 12.9. The van der Waals surface area contributed by atoms with Crippen molar-refractivity contribution in [1.82, 2.24) is 0 Å². The molecule has 0 aromatic heterocycles. The molecule has 110 valence electrons. The molecule has 0 heterocycles. The molecule has 2 heteroatoms. The summed E-state index contributed by atoms with van der Waals surface area (Å²) in [6.45, 7) is 6.65. The summed E-state index contributed by atoms with van der Waals surface area (Å²) in [7, 11) is 0. The lowest BCUT2D eigenvalue weighted by Crippen LogP contribution is -2.16. The fourth-order valence-corrected chi connectivity index (χ4v) is 3.21. The van der Waals surface area contributed by atoms with Gasteiger partial charge in [0, 0.05) is 5.69 Å². The number of hydrogen-bond donors (Lipinski definition) is 1. The highest BCUT2D eigenvalue weighted by Gasteiger charge is 2.26. The largest absolute Gasteiger partial charge is 0.378 e. The van der Waals surface area contributed by atoms with E-state index in [4.69, 9.17) is 0 Å². The van der Waals surface area contributed by atoms with E-state index in [1.165, 1.54) is 5.56 Å². The average molecular weight is 283 g/mol. The highest BCUT2D eigenvalue weighted by atomic mass is 19.1. The zero-order valence-electron chi connectivity index (χ0n) is 12.9. The molecule has 3 rings (SSSR count). The monoisotopic (exact) mass is 283 g/mol. The van der Waals surface area contributed by atoms with Crippen LogP contribution in [0.2, 0.25) is 0 Å². The first kappa shape index (κ1) is 14.1. The van der Waals surface area contributed by atoms with Crippen LogP contribution in [0.25, 0.3) is 0 Å². The molecule has 0 saturated heterocycles. The number of anilines is 1. The molecule has 2 aromatic rings. The van der Waals surface area contributed by atoms with Crippen LogP contribution in [0.4, 0.5) is 10.1 Å². The van der Waals surface area contributed by atoms with Gasteiger partial charge in [0.25, 0.3) is 0 Å². The highest BCUT2D eigenvalue weighted by molar-refractivity contribution is 5.56. The Bertz CT molecular complexity index is 655.